The van der Waals surface area contributed by atoms with Gasteiger partial charge < -0.3 is 14.6 Å². The third-order valence-electron chi connectivity index (χ3n) is 3.47. The molecule has 0 atom stereocenters. The van der Waals surface area contributed by atoms with Gasteiger partial charge in [0.25, 0.3) is 5.89 Å². The van der Waals surface area contributed by atoms with Crippen LogP contribution in [0.25, 0.3) is 0 Å². The van der Waals surface area contributed by atoms with E-state index in [1.54, 1.807) is 5.38 Å². The van der Waals surface area contributed by atoms with Gasteiger partial charge in [0, 0.05) is 17.3 Å². The number of hydrogen-bond donors (Lipinski definition) is 1. The molecule has 0 saturated heterocycles. The first-order chi connectivity index (χ1) is 12.4. The summed E-state index contributed by atoms with van der Waals surface area (Å²) in [6.45, 7) is 6.50. The van der Waals surface area contributed by atoms with Crippen LogP contribution >= 0.6 is 11.3 Å². The molecule has 1 aromatic carbocycles. The van der Waals surface area contributed by atoms with Crippen molar-refractivity contribution >= 4 is 22.4 Å². The number of carbonyl (C=O) groups excluding carboxylic acids is 1. The van der Waals surface area contributed by atoms with Crippen LogP contribution in [0.1, 0.15) is 48.5 Å². The molecule has 0 saturated carbocycles. The number of nitrogens with zero attached hydrogens (tertiary/aromatic N) is 3. The molecule has 0 radical (unpaired) electrons. The van der Waals surface area contributed by atoms with E-state index < -0.39 is 5.97 Å². The van der Waals surface area contributed by atoms with E-state index in [0.29, 0.717) is 17.5 Å². The van der Waals surface area contributed by atoms with Crippen LogP contribution in [0.5, 0.6) is 0 Å². The molecule has 0 amide bonds. The number of thiazole rings is 1. The van der Waals surface area contributed by atoms with Gasteiger partial charge in [0.15, 0.2) is 23.3 Å². The van der Waals surface area contributed by atoms with Crippen LogP contribution < -0.4 is 5.32 Å². The first kappa shape index (κ1) is 18.1. The molecule has 0 fully saturated rings. The molecule has 0 unspecified atom stereocenters. The molecule has 26 heavy (non-hydrogen) atoms. The van der Waals surface area contributed by atoms with Crippen LogP contribution in [0.4, 0.5) is 5.13 Å². The van der Waals surface area contributed by atoms with Crippen LogP contribution in [-0.4, -0.2) is 21.1 Å². The van der Waals surface area contributed by atoms with Gasteiger partial charge in [0.1, 0.15) is 0 Å². The van der Waals surface area contributed by atoms with E-state index in [-0.39, 0.29) is 23.6 Å². The van der Waals surface area contributed by atoms with Crippen LogP contribution in [-0.2, 0) is 23.3 Å². The summed E-state index contributed by atoms with van der Waals surface area (Å²) >= 11 is 1.35. The molecule has 7 nitrogen and oxygen atoms in total. The van der Waals surface area contributed by atoms with Gasteiger partial charge in [-0.1, -0.05) is 56.3 Å². The van der Waals surface area contributed by atoms with Crippen molar-refractivity contribution < 1.29 is 14.1 Å². The quantitative estimate of drug-likeness (QED) is 0.658. The first-order valence-electron chi connectivity index (χ1n) is 8.15. The number of carbonyl (C=O) groups is 1. The summed E-state index contributed by atoms with van der Waals surface area (Å²) < 4.78 is 10.3. The largest absolute Gasteiger partial charge is 0.451 e. The molecule has 2 aromatic heterocycles. The normalized spacial score (nSPS) is 11.3. The Morgan fingerprint density at radius 3 is 2.69 bits per heavy atom. The van der Waals surface area contributed by atoms with Crippen molar-refractivity contribution in [1.29, 1.82) is 0 Å². The van der Waals surface area contributed by atoms with Crippen LogP contribution in [0.3, 0.4) is 0 Å². The van der Waals surface area contributed by atoms with Crippen molar-refractivity contribution in [2.24, 2.45) is 0 Å². The van der Waals surface area contributed by atoms with Crippen molar-refractivity contribution in [3.63, 3.8) is 0 Å². The van der Waals surface area contributed by atoms with Crippen LogP contribution in [0.2, 0.25) is 0 Å². The first-order valence-corrected chi connectivity index (χ1v) is 9.03. The number of nitrogens with one attached hydrogen (secondary N) is 1. The fourth-order valence-electron chi connectivity index (χ4n) is 2.04. The summed E-state index contributed by atoms with van der Waals surface area (Å²) in [5.74, 6) is 0.315. The van der Waals surface area contributed by atoms with E-state index in [1.807, 2.05) is 51.1 Å². The molecular formula is C18H20N4O3S. The van der Waals surface area contributed by atoms with Gasteiger partial charge in [-0.25, -0.2) is 9.78 Å². The minimum atomic E-state index is -0.524. The number of hydrogen-bond acceptors (Lipinski definition) is 8. The third kappa shape index (κ3) is 4.66. The number of ether oxygens (including phenoxy) is 1. The Hall–Kier alpha value is -2.74. The number of benzene rings is 1. The maximum atomic E-state index is 12.1. The van der Waals surface area contributed by atoms with Gasteiger partial charge in [0.05, 0.1) is 0 Å². The highest BCUT2D eigenvalue weighted by atomic mass is 32.1. The van der Waals surface area contributed by atoms with Gasteiger partial charge in [-0.05, 0) is 5.56 Å². The highest BCUT2D eigenvalue weighted by molar-refractivity contribution is 7.13. The SMILES string of the molecule is CC(C)(C)c1noc(COC(=O)c2csc(NCc3ccccc3)n2)n1. The molecule has 0 bridgehead atoms. The number of aromatic nitrogens is 3. The Bertz CT molecular complexity index is 868. The minimum absolute atomic E-state index is 0.0772. The molecule has 0 spiro atoms. The van der Waals surface area contributed by atoms with E-state index in [0.717, 1.165) is 5.56 Å². The van der Waals surface area contributed by atoms with Crippen molar-refractivity contribution in [2.75, 3.05) is 5.32 Å². The second-order valence-electron chi connectivity index (χ2n) is 6.71. The summed E-state index contributed by atoms with van der Waals surface area (Å²) in [6, 6.07) is 9.96. The zero-order valence-electron chi connectivity index (χ0n) is 14.9. The zero-order chi connectivity index (χ0) is 18.6. The molecule has 2 heterocycles. The molecule has 3 rings (SSSR count). The third-order valence-corrected chi connectivity index (χ3v) is 4.27. The maximum absolute atomic E-state index is 12.1. The second kappa shape index (κ2) is 7.65. The zero-order valence-corrected chi connectivity index (χ0v) is 15.7. The Balaban J connectivity index is 1.52. The van der Waals surface area contributed by atoms with Gasteiger partial charge in [-0.2, -0.15) is 4.98 Å². The lowest BCUT2D eigenvalue weighted by molar-refractivity contribution is 0.0424. The fraction of sp³-hybridized carbons (Fsp3) is 0.333. The van der Waals surface area contributed by atoms with Crippen LogP contribution in [0, 0.1) is 0 Å². The molecule has 1 N–H and O–H groups in total. The predicted molar refractivity (Wildman–Crippen MR) is 98.0 cm³/mol. The van der Waals surface area contributed by atoms with Crippen LogP contribution in [0.15, 0.2) is 40.2 Å². The number of esters is 1. The highest BCUT2D eigenvalue weighted by Gasteiger charge is 2.21. The molecule has 0 aliphatic rings. The van der Waals surface area contributed by atoms with Gasteiger partial charge in [0.2, 0.25) is 0 Å². The van der Waals surface area contributed by atoms with E-state index in [1.165, 1.54) is 11.3 Å². The van der Waals surface area contributed by atoms with Crippen molar-refractivity contribution in [3.8, 4) is 0 Å². The number of rotatable bonds is 6. The minimum Gasteiger partial charge on any atom is -0.451 e. The summed E-state index contributed by atoms with van der Waals surface area (Å²) in [6.07, 6.45) is 0. The van der Waals surface area contributed by atoms with E-state index in [9.17, 15) is 4.79 Å². The standard InChI is InChI=1S/C18H20N4O3S/c1-18(2,3)16-21-14(25-22-16)10-24-15(23)13-11-26-17(20-13)19-9-12-7-5-4-6-8-12/h4-8,11H,9-10H2,1-3H3,(H,19,20). The number of anilines is 1. The molecule has 136 valence electrons. The Labute approximate surface area is 155 Å². The molecule has 0 aliphatic carbocycles. The van der Waals surface area contributed by atoms with Gasteiger partial charge >= 0.3 is 5.97 Å². The predicted octanol–water partition coefficient (Wildman–Crippen LogP) is 3.79. The smallest absolute Gasteiger partial charge is 0.358 e. The molecule has 0 aliphatic heterocycles. The van der Waals surface area contributed by atoms with Crippen molar-refractivity contribution in [3.05, 3.63) is 58.7 Å². The molecular weight excluding hydrogens is 352 g/mol. The van der Waals surface area contributed by atoms with E-state index in [4.69, 9.17) is 9.26 Å². The van der Waals surface area contributed by atoms with Gasteiger partial charge in [-0.3, -0.25) is 0 Å². The molecule has 8 heteroatoms. The summed E-state index contributed by atoms with van der Waals surface area (Å²) in [5.41, 5.74) is 1.17. The Kier molecular flexibility index (Phi) is 5.32. The molecule has 3 aromatic rings. The summed E-state index contributed by atoms with van der Waals surface area (Å²) in [5, 5.41) is 9.40. The van der Waals surface area contributed by atoms with Gasteiger partial charge in [-0.15, -0.1) is 11.3 Å². The lowest BCUT2D eigenvalue weighted by Crippen LogP contribution is -2.13. The lowest BCUT2D eigenvalue weighted by atomic mass is 9.96. The monoisotopic (exact) mass is 372 g/mol. The topological polar surface area (TPSA) is 90.1 Å². The average Bonchev–Trinajstić information content (AvgIpc) is 3.28. The lowest BCUT2D eigenvalue weighted by Gasteiger charge is -2.10. The van der Waals surface area contributed by atoms with E-state index >= 15 is 0 Å². The highest BCUT2D eigenvalue weighted by Crippen LogP contribution is 2.20. The van der Waals surface area contributed by atoms with Crippen molar-refractivity contribution in [1.82, 2.24) is 15.1 Å². The maximum Gasteiger partial charge on any atom is 0.358 e. The summed E-state index contributed by atoms with van der Waals surface area (Å²) in [4.78, 5) is 20.6. The average molecular weight is 372 g/mol. The van der Waals surface area contributed by atoms with Crippen molar-refractivity contribution in [2.45, 2.75) is 39.3 Å². The fourth-order valence-corrected chi connectivity index (χ4v) is 2.72. The summed E-state index contributed by atoms with van der Waals surface area (Å²) in [7, 11) is 0. The second-order valence-corrected chi connectivity index (χ2v) is 7.57. The Morgan fingerprint density at radius 2 is 2.00 bits per heavy atom. The van der Waals surface area contributed by atoms with E-state index in [2.05, 4.69) is 20.4 Å². The Morgan fingerprint density at radius 1 is 1.23 bits per heavy atom.